The summed E-state index contributed by atoms with van der Waals surface area (Å²) in [7, 11) is 0. The molecule has 1 aliphatic rings. The van der Waals surface area contributed by atoms with Crippen LogP contribution in [0.2, 0.25) is 0 Å². The number of carbonyl (C=O) groups excluding carboxylic acids is 1. The lowest BCUT2D eigenvalue weighted by Crippen LogP contribution is -2.48. The molecule has 1 aliphatic heterocycles. The van der Waals surface area contributed by atoms with Crippen LogP contribution in [-0.4, -0.2) is 58.3 Å². The Bertz CT molecular complexity index is 1070. The predicted molar refractivity (Wildman–Crippen MR) is 110 cm³/mol. The van der Waals surface area contributed by atoms with Crippen molar-refractivity contribution in [1.29, 1.82) is 0 Å². The Labute approximate surface area is 166 Å². The number of nitrogens with zero attached hydrogens (tertiary/aromatic N) is 4. The third kappa shape index (κ3) is 3.53. The summed E-state index contributed by atoms with van der Waals surface area (Å²) in [4.78, 5) is 35.4. The fourth-order valence-corrected chi connectivity index (χ4v) is 4.32. The molecule has 3 heterocycles. The van der Waals surface area contributed by atoms with Gasteiger partial charge in [-0.05, 0) is 37.3 Å². The first-order valence-electron chi connectivity index (χ1n) is 9.27. The number of rotatable bonds is 4. The molecule has 4 rings (SSSR count). The van der Waals surface area contributed by atoms with E-state index in [4.69, 9.17) is 5.11 Å². The summed E-state index contributed by atoms with van der Waals surface area (Å²) in [6.07, 6.45) is 1.48. The van der Waals surface area contributed by atoms with Gasteiger partial charge in [-0.1, -0.05) is 0 Å². The van der Waals surface area contributed by atoms with Crippen LogP contribution >= 0.6 is 11.3 Å². The van der Waals surface area contributed by atoms with Crippen LogP contribution in [0, 0.1) is 6.92 Å². The Morgan fingerprint density at radius 1 is 1.18 bits per heavy atom. The van der Waals surface area contributed by atoms with E-state index in [1.54, 1.807) is 6.07 Å². The van der Waals surface area contributed by atoms with Crippen LogP contribution in [0.25, 0.3) is 10.9 Å². The second-order valence-corrected chi connectivity index (χ2v) is 8.15. The molecule has 0 aliphatic carbocycles. The maximum Gasteiger partial charge on any atom is 0.264 e. The number of aliphatic hydroxyl groups is 1. The SMILES string of the molecule is Cc1ccc(C(=O)N2CCN(c3ccc4c(=O)n(CCO)cnc4c3)CC2)s1. The Balaban J connectivity index is 1.48. The molecular weight excluding hydrogens is 376 g/mol. The number of fused-ring (bicyclic) bond motifs is 1. The third-order valence-corrected chi connectivity index (χ3v) is 6.02. The largest absolute Gasteiger partial charge is 0.395 e. The van der Waals surface area contributed by atoms with Crippen molar-refractivity contribution in [2.75, 3.05) is 37.7 Å². The second-order valence-electron chi connectivity index (χ2n) is 6.86. The summed E-state index contributed by atoms with van der Waals surface area (Å²) in [5.41, 5.74) is 1.50. The van der Waals surface area contributed by atoms with E-state index < -0.39 is 0 Å². The monoisotopic (exact) mass is 398 g/mol. The third-order valence-electron chi connectivity index (χ3n) is 5.03. The molecule has 1 amide bonds. The van der Waals surface area contributed by atoms with Crippen LogP contribution < -0.4 is 10.5 Å². The van der Waals surface area contributed by atoms with Crippen molar-refractivity contribution in [3.8, 4) is 0 Å². The fraction of sp³-hybridized carbons (Fsp3) is 0.350. The van der Waals surface area contributed by atoms with E-state index in [1.807, 2.05) is 36.1 Å². The van der Waals surface area contributed by atoms with E-state index in [9.17, 15) is 9.59 Å². The lowest BCUT2D eigenvalue weighted by atomic mass is 10.2. The van der Waals surface area contributed by atoms with Gasteiger partial charge in [0.25, 0.3) is 11.5 Å². The molecule has 0 bridgehead atoms. The van der Waals surface area contributed by atoms with E-state index in [0.29, 0.717) is 24.0 Å². The van der Waals surface area contributed by atoms with E-state index >= 15 is 0 Å². The van der Waals surface area contributed by atoms with Gasteiger partial charge in [0.15, 0.2) is 0 Å². The first-order chi connectivity index (χ1) is 13.6. The van der Waals surface area contributed by atoms with Gasteiger partial charge in [0.05, 0.1) is 35.3 Å². The van der Waals surface area contributed by atoms with Gasteiger partial charge in [0, 0.05) is 36.7 Å². The quantitative estimate of drug-likeness (QED) is 0.724. The Kier molecular flexibility index (Phi) is 5.15. The molecule has 3 aromatic rings. The van der Waals surface area contributed by atoms with E-state index in [-0.39, 0.29) is 24.6 Å². The van der Waals surface area contributed by atoms with Gasteiger partial charge in [-0.2, -0.15) is 0 Å². The number of anilines is 1. The Morgan fingerprint density at radius 2 is 1.96 bits per heavy atom. The predicted octanol–water partition coefficient (Wildman–Crippen LogP) is 1.72. The van der Waals surface area contributed by atoms with Crippen molar-refractivity contribution >= 4 is 33.8 Å². The summed E-state index contributed by atoms with van der Waals surface area (Å²) < 4.78 is 1.42. The molecule has 7 nitrogen and oxygen atoms in total. The van der Waals surface area contributed by atoms with Crippen LogP contribution in [0.15, 0.2) is 41.5 Å². The molecule has 1 fully saturated rings. The molecule has 1 aromatic carbocycles. The average Bonchev–Trinajstić information content (AvgIpc) is 3.16. The van der Waals surface area contributed by atoms with Gasteiger partial charge in [0.1, 0.15) is 0 Å². The normalized spacial score (nSPS) is 14.6. The maximum atomic E-state index is 12.6. The molecular formula is C20H22N4O3S. The van der Waals surface area contributed by atoms with Crippen LogP contribution in [0.3, 0.4) is 0 Å². The summed E-state index contributed by atoms with van der Waals surface area (Å²) in [5, 5.41) is 9.59. The van der Waals surface area contributed by atoms with E-state index in [1.165, 1.54) is 22.2 Å². The first-order valence-corrected chi connectivity index (χ1v) is 10.1. The number of amides is 1. The number of hydrogen-bond donors (Lipinski definition) is 1. The summed E-state index contributed by atoms with van der Waals surface area (Å²) >= 11 is 1.53. The smallest absolute Gasteiger partial charge is 0.264 e. The Hall–Kier alpha value is -2.71. The molecule has 146 valence electrons. The van der Waals surface area contributed by atoms with Gasteiger partial charge in [-0.3, -0.25) is 14.2 Å². The van der Waals surface area contributed by atoms with Crippen molar-refractivity contribution < 1.29 is 9.90 Å². The zero-order valence-electron chi connectivity index (χ0n) is 15.7. The lowest BCUT2D eigenvalue weighted by Gasteiger charge is -2.36. The van der Waals surface area contributed by atoms with Gasteiger partial charge < -0.3 is 14.9 Å². The highest BCUT2D eigenvalue weighted by atomic mass is 32.1. The minimum Gasteiger partial charge on any atom is -0.395 e. The fourth-order valence-electron chi connectivity index (χ4n) is 3.48. The molecule has 1 saturated heterocycles. The van der Waals surface area contributed by atoms with Crippen LogP contribution in [0.4, 0.5) is 5.69 Å². The summed E-state index contributed by atoms with van der Waals surface area (Å²) in [5.74, 6) is 0.0994. The number of aryl methyl sites for hydroxylation is 1. The molecule has 0 radical (unpaired) electrons. The maximum absolute atomic E-state index is 12.6. The van der Waals surface area contributed by atoms with E-state index in [0.717, 1.165) is 28.5 Å². The van der Waals surface area contributed by atoms with Gasteiger partial charge in [-0.15, -0.1) is 11.3 Å². The molecule has 8 heteroatoms. The molecule has 0 spiro atoms. The zero-order valence-corrected chi connectivity index (χ0v) is 16.5. The molecule has 0 unspecified atom stereocenters. The van der Waals surface area contributed by atoms with E-state index in [2.05, 4.69) is 9.88 Å². The first kappa shape index (κ1) is 18.6. The highest BCUT2D eigenvalue weighted by Gasteiger charge is 2.23. The number of hydrogen-bond acceptors (Lipinski definition) is 6. The molecule has 0 saturated carbocycles. The van der Waals surface area contributed by atoms with Crippen molar-refractivity contribution in [2.45, 2.75) is 13.5 Å². The molecule has 1 N–H and O–H groups in total. The Morgan fingerprint density at radius 3 is 2.64 bits per heavy atom. The summed E-state index contributed by atoms with van der Waals surface area (Å²) in [6, 6.07) is 9.51. The van der Waals surface area contributed by atoms with Crippen molar-refractivity contribution in [3.05, 3.63) is 56.8 Å². The highest BCUT2D eigenvalue weighted by molar-refractivity contribution is 7.13. The average molecular weight is 398 g/mol. The number of aromatic nitrogens is 2. The summed E-state index contributed by atoms with van der Waals surface area (Å²) in [6.45, 7) is 4.96. The van der Waals surface area contributed by atoms with Crippen molar-refractivity contribution in [3.63, 3.8) is 0 Å². The minimum atomic E-state index is -0.146. The van der Waals surface area contributed by atoms with Gasteiger partial charge in [-0.25, -0.2) is 4.98 Å². The number of thiophene rings is 1. The van der Waals surface area contributed by atoms with Gasteiger partial charge in [0.2, 0.25) is 0 Å². The van der Waals surface area contributed by atoms with Crippen molar-refractivity contribution in [2.24, 2.45) is 0 Å². The number of carbonyl (C=O) groups is 1. The zero-order chi connectivity index (χ0) is 19.7. The molecule has 2 aromatic heterocycles. The number of aliphatic hydroxyl groups excluding tert-OH is 1. The van der Waals surface area contributed by atoms with Crippen LogP contribution in [0.1, 0.15) is 14.5 Å². The molecule has 28 heavy (non-hydrogen) atoms. The number of benzene rings is 1. The highest BCUT2D eigenvalue weighted by Crippen LogP contribution is 2.22. The standard InChI is InChI=1S/C20H22N4O3S/c1-14-2-5-18(28-14)20(27)23-8-6-22(7-9-23)15-3-4-16-17(12-15)21-13-24(10-11-25)19(16)26/h2-5,12-13,25H,6-11H2,1H3. The topological polar surface area (TPSA) is 78.7 Å². The second kappa shape index (κ2) is 7.73. The minimum absolute atomic E-state index is 0.0980. The number of piperazine rings is 1. The molecule has 0 atom stereocenters. The lowest BCUT2D eigenvalue weighted by molar-refractivity contribution is 0.0751. The van der Waals surface area contributed by atoms with Gasteiger partial charge >= 0.3 is 0 Å². The van der Waals surface area contributed by atoms with Crippen LogP contribution in [-0.2, 0) is 6.54 Å². The van der Waals surface area contributed by atoms with Crippen molar-refractivity contribution in [1.82, 2.24) is 14.5 Å². The van der Waals surface area contributed by atoms with Crippen LogP contribution in [0.5, 0.6) is 0 Å².